The Morgan fingerprint density at radius 2 is 2.05 bits per heavy atom. The quantitative estimate of drug-likeness (QED) is 0.822. The molecule has 2 fully saturated rings. The first kappa shape index (κ1) is 15.0. The summed E-state index contributed by atoms with van der Waals surface area (Å²) in [6.45, 7) is 9.19. The van der Waals surface area contributed by atoms with Crippen molar-refractivity contribution in [1.82, 2.24) is 0 Å². The maximum absolute atomic E-state index is 13.7. The lowest BCUT2D eigenvalue weighted by atomic mass is 9.69. The standard InChI is InChI=1S/C18H25FO2/c1-12(2)18-10-16(17(4,21-18)9-13(18)3)20-11-14-7-5-6-8-15(14)19/h5-8,12-13,16H,9-11H2,1-4H3/t13-,16+,17-,18+/m1/s1. The fourth-order valence-corrected chi connectivity index (χ4v) is 4.27. The average molecular weight is 292 g/mol. The van der Waals surface area contributed by atoms with Gasteiger partial charge >= 0.3 is 0 Å². The van der Waals surface area contributed by atoms with Crippen LogP contribution >= 0.6 is 0 Å². The predicted molar refractivity (Wildman–Crippen MR) is 80.4 cm³/mol. The summed E-state index contributed by atoms with van der Waals surface area (Å²) in [5.41, 5.74) is 0.319. The number of hydrogen-bond donors (Lipinski definition) is 0. The van der Waals surface area contributed by atoms with Crippen molar-refractivity contribution in [2.75, 3.05) is 0 Å². The van der Waals surface area contributed by atoms with E-state index in [0.29, 0.717) is 24.0 Å². The molecule has 0 radical (unpaired) electrons. The molecule has 1 aromatic rings. The Bertz CT molecular complexity index is 530. The maximum atomic E-state index is 13.7. The monoisotopic (exact) mass is 292 g/mol. The molecule has 2 nitrogen and oxygen atoms in total. The lowest BCUT2D eigenvalue weighted by Crippen LogP contribution is -2.43. The summed E-state index contributed by atoms with van der Waals surface area (Å²) >= 11 is 0. The van der Waals surface area contributed by atoms with Gasteiger partial charge in [0.2, 0.25) is 0 Å². The minimum Gasteiger partial charge on any atom is -0.370 e. The highest BCUT2D eigenvalue weighted by atomic mass is 19.1. The Balaban J connectivity index is 1.73. The minimum absolute atomic E-state index is 0.0516. The van der Waals surface area contributed by atoms with E-state index in [2.05, 4.69) is 27.7 Å². The third-order valence-corrected chi connectivity index (χ3v) is 5.53. The van der Waals surface area contributed by atoms with E-state index < -0.39 is 0 Å². The highest BCUT2D eigenvalue weighted by molar-refractivity contribution is 5.17. The van der Waals surface area contributed by atoms with Gasteiger partial charge in [0, 0.05) is 12.0 Å². The molecule has 2 heterocycles. The van der Waals surface area contributed by atoms with Crippen molar-refractivity contribution in [3.8, 4) is 0 Å². The second kappa shape index (κ2) is 5.06. The van der Waals surface area contributed by atoms with Gasteiger partial charge in [0.25, 0.3) is 0 Å². The minimum atomic E-state index is -0.227. The second-order valence-electron chi connectivity index (χ2n) is 7.22. The normalized spacial score (nSPS) is 38.4. The number of ether oxygens (including phenoxy) is 2. The van der Waals surface area contributed by atoms with Crippen LogP contribution in [0, 0.1) is 17.7 Å². The van der Waals surface area contributed by atoms with E-state index in [4.69, 9.17) is 9.47 Å². The summed E-state index contributed by atoms with van der Waals surface area (Å²) in [7, 11) is 0. The Kier molecular flexibility index (Phi) is 3.61. The van der Waals surface area contributed by atoms with Gasteiger partial charge < -0.3 is 9.47 Å². The number of halogens is 1. The van der Waals surface area contributed by atoms with Crippen molar-refractivity contribution in [3.63, 3.8) is 0 Å². The van der Waals surface area contributed by atoms with Crippen LogP contribution in [-0.4, -0.2) is 17.3 Å². The second-order valence-corrected chi connectivity index (χ2v) is 7.22. The van der Waals surface area contributed by atoms with E-state index >= 15 is 0 Å². The van der Waals surface area contributed by atoms with Crippen LogP contribution in [0.3, 0.4) is 0 Å². The van der Waals surface area contributed by atoms with Gasteiger partial charge in [0.1, 0.15) is 5.82 Å². The Morgan fingerprint density at radius 3 is 2.67 bits per heavy atom. The molecule has 116 valence electrons. The van der Waals surface area contributed by atoms with E-state index in [1.165, 1.54) is 6.07 Å². The van der Waals surface area contributed by atoms with Crippen LogP contribution < -0.4 is 0 Å². The smallest absolute Gasteiger partial charge is 0.128 e. The zero-order chi connectivity index (χ0) is 15.3. The lowest BCUT2D eigenvalue weighted by molar-refractivity contribution is -0.0992. The molecule has 0 saturated carbocycles. The molecule has 1 aromatic carbocycles. The van der Waals surface area contributed by atoms with Crippen molar-refractivity contribution >= 4 is 0 Å². The van der Waals surface area contributed by atoms with Gasteiger partial charge in [-0.2, -0.15) is 0 Å². The zero-order valence-corrected chi connectivity index (χ0v) is 13.4. The van der Waals surface area contributed by atoms with Crippen LogP contribution in [0.4, 0.5) is 4.39 Å². The van der Waals surface area contributed by atoms with E-state index in [1.807, 2.05) is 6.07 Å². The van der Waals surface area contributed by atoms with Crippen LogP contribution in [0.2, 0.25) is 0 Å². The van der Waals surface area contributed by atoms with Crippen LogP contribution in [0.25, 0.3) is 0 Å². The first-order chi connectivity index (χ1) is 9.87. The van der Waals surface area contributed by atoms with E-state index in [9.17, 15) is 4.39 Å². The van der Waals surface area contributed by atoms with Gasteiger partial charge in [-0.15, -0.1) is 0 Å². The summed E-state index contributed by atoms with van der Waals surface area (Å²) in [5, 5.41) is 0. The van der Waals surface area contributed by atoms with Crippen LogP contribution in [0.15, 0.2) is 24.3 Å². The highest BCUT2D eigenvalue weighted by Gasteiger charge is 2.64. The molecule has 0 spiro atoms. The van der Waals surface area contributed by atoms with E-state index in [-0.39, 0.29) is 23.1 Å². The molecule has 3 rings (SSSR count). The molecule has 0 unspecified atom stereocenters. The third-order valence-electron chi connectivity index (χ3n) is 5.53. The molecule has 0 aromatic heterocycles. The fraction of sp³-hybridized carbons (Fsp3) is 0.667. The summed E-state index contributed by atoms with van der Waals surface area (Å²) in [6.07, 6.45) is 1.99. The largest absolute Gasteiger partial charge is 0.370 e. The van der Waals surface area contributed by atoms with Crippen LogP contribution in [0.5, 0.6) is 0 Å². The van der Waals surface area contributed by atoms with Gasteiger partial charge in [0.05, 0.1) is 23.9 Å². The number of benzene rings is 1. The molecule has 2 aliphatic heterocycles. The van der Waals surface area contributed by atoms with Gasteiger partial charge in [0.15, 0.2) is 0 Å². The molecular weight excluding hydrogens is 267 g/mol. The van der Waals surface area contributed by atoms with Crippen molar-refractivity contribution in [3.05, 3.63) is 35.6 Å². The average Bonchev–Trinajstić information content (AvgIpc) is 2.86. The Morgan fingerprint density at radius 1 is 1.33 bits per heavy atom. The van der Waals surface area contributed by atoms with Crippen molar-refractivity contribution in [1.29, 1.82) is 0 Å². The molecular formula is C18H25FO2. The first-order valence-electron chi connectivity index (χ1n) is 7.92. The summed E-state index contributed by atoms with van der Waals surface area (Å²) in [4.78, 5) is 0. The summed E-state index contributed by atoms with van der Waals surface area (Å²) in [5.74, 6) is 0.825. The van der Waals surface area contributed by atoms with Gasteiger partial charge in [-0.25, -0.2) is 4.39 Å². The molecule has 2 aliphatic rings. The molecule has 21 heavy (non-hydrogen) atoms. The Labute approximate surface area is 126 Å². The summed E-state index contributed by atoms with van der Waals surface area (Å²) in [6, 6.07) is 6.82. The van der Waals surface area contributed by atoms with Crippen LogP contribution in [-0.2, 0) is 16.1 Å². The SMILES string of the molecule is CC(C)[C@@]12C[C@H](OCc3ccccc3F)[C@@](C)(C[C@H]1C)O2. The molecule has 2 bridgehead atoms. The highest BCUT2D eigenvalue weighted by Crippen LogP contribution is 2.58. The maximum Gasteiger partial charge on any atom is 0.128 e. The number of fused-ring (bicyclic) bond motifs is 2. The number of hydrogen-bond acceptors (Lipinski definition) is 2. The van der Waals surface area contributed by atoms with Crippen molar-refractivity contribution in [2.45, 2.75) is 64.4 Å². The predicted octanol–water partition coefficient (Wildman–Crippen LogP) is 4.32. The van der Waals surface area contributed by atoms with E-state index in [1.54, 1.807) is 12.1 Å². The zero-order valence-electron chi connectivity index (χ0n) is 13.4. The fourth-order valence-electron chi connectivity index (χ4n) is 4.27. The molecule has 0 N–H and O–H groups in total. The van der Waals surface area contributed by atoms with Crippen molar-refractivity contribution in [2.24, 2.45) is 11.8 Å². The molecule has 0 amide bonds. The van der Waals surface area contributed by atoms with Crippen LogP contribution in [0.1, 0.15) is 46.1 Å². The first-order valence-corrected chi connectivity index (χ1v) is 7.92. The van der Waals surface area contributed by atoms with Gasteiger partial charge in [-0.05, 0) is 31.2 Å². The third kappa shape index (κ3) is 2.31. The molecule has 3 heteroatoms. The summed E-state index contributed by atoms with van der Waals surface area (Å²) < 4.78 is 26.2. The topological polar surface area (TPSA) is 18.5 Å². The lowest BCUT2D eigenvalue weighted by Gasteiger charge is -2.36. The Hall–Kier alpha value is -0.930. The van der Waals surface area contributed by atoms with Gasteiger partial charge in [-0.3, -0.25) is 0 Å². The van der Waals surface area contributed by atoms with Crippen molar-refractivity contribution < 1.29 is 13.9 Å². The molecule has 2 saturated heterocycles. The number of rotatable bonds is 4. The van der Waals surface area contributed by atoms with Gasteiger partial charge in [-0.1, -0.05) is 39.0 Å². The molecule has 4 atom stereocenters. The van der Waals surface area contributed by atoms with E-state index in [0.717, 1.165) is 12.8 Å². The molecule has 0 aliphatic carbocycles.